The maximum atomic E-state index is 12.4. The second-order valence-corrected chi connectivity index (χ2v) is 6.41. The average molecular weight is 337 g/mol. The molecule has 7 nitrogen and oxygen atoms in total. The van der Waals surface area contributed by atoms with Gasteiger partial charge in [-0.15, -0.1) is 0 Å². The lowest BCUT2D eigenvalue weighted by Crippen LogP contribution is -2.37. The molecule has 1 aliphatic carbocycles. The van der Waals surface area contributed by atoms with E-state index in [0.29, 0.717) is 11.7 Å². The standard InChI is InChI=1S/C18H19N5O2/c1-11(23-17(24)9-8-13(22-23)12-6-7-12)18(25)19-10-16-20-14-4-2-3-5-15(14)21-16/h2-5,8-9,11-12H,6-7,10H2,1H3,(H,19,25)(H,20,21). The number of carbonyl (C=O) groups is 1. The molecule has 0 aliphatic heterocycles. The van der Waals surface area contributed by atoms with Gasteiger partial charge in [0, 0.05) is 12.0 Å². The van der Waals surface area contributed by atoms with Gasteiger partial charge in [0.05, 0.1) is 23.3 Å². The number of fused-ring (bicyclic) bond motifs is 1. The highest BCUT2D eigenvalue weighted by molar-refractivity contribution is 5.80. The number of amides is 1. The second-order valence-electron chi connectivity index (χ2n) is 6.41. The number of benzene rings is 1. The quantitative estimate of drug-likeness (QED) is 0.743. The van der Waals surface area contributed by atoms with Crippen LogP contribution in [0.4, 0.5) is 0 Å². The zero-order valence-electron chi connectivity index (χ0n) is 13.9. The van der Waals surface area contributed by atoms with Crippen molar-refractivity contribution in [3.63, 3.8) is 0 Å². The van der Waals surface area contributed by atoms with Crippen molar-refractivity contribution in [3.8, 4) is 0 Å². The van der Waals surface area contributed by atoms with E-state index < -0.39 is 6.04 Å². The van der Waals surface area contributed by atoms with Crippen LogP contribution in [0.1, 0.15) is 43.2 Å². The van der Waals surface area contributed by atoms with Gasteiger partial charge in [-0.3, -0.25) is 9.59 Å². The summed E-state index contributed by atoms with van der Waals surface area (Å²) in [6.45, 7) is 1.95. The summed E-state index contributed by atoms with van der Waals surface area (Å²) in [4.78, 5) is 32.1. The fourth-order valence-electron chi connectivity index (χ4n) is 2.83. The Labute approximate surface area is 144 Å². The van der Waals surface area contributed by atoms with Crippen molar-refractivity contribution >= 4 is 16.9 Å². The lowest BCUT2D eigenvalue weighted by Gasteiger charge is -2.14. The van der Waals surface area contributed by atoms with E-state index in [-0.39, 0.29) is 18.0 Å². The lowest BCUT2D eigenvalue weighted by molar-refractivity contribution is -0.124. The molecule has 1 aliphatic rings. The number of imidazole rings is 1. The Hall–Kier alpha value is -2.96. The van der Waals surface area contributed by atoms with Crippen LogP contribution >= 0.6 is 0 Å². The zero-order chi connectivity index (χ0) is 17.4. The maximum absolute atomic E-state index is 12.4. The fourth-order valence-corrected chi connectivity index (χ4v) is 2.83. The Morgan fingerprint density at radius 1 is 1.32 bits per heavy atom. The number of aromatic nitrogens is 4. The van der Waals surface area contributed by atoms with Gasteiger partial charge in [-0.2, -0.15) is 5.10 Å². The molecule has 1 unspecified atom stereocenters. The van der Waals surface area contributed by atoms with Gasteiger partial charge >= 0.3 is 0 Å². The molecule has 2 aromatic heterocycles. The van der Waals surface area contributed by atoms with E-state index in [0.717, 1.165) is 29.6 Å². The maximum Gasteiger partial charge on any atom is 0.267 e. The van der Waals surface area contributed by atoms with Gasteiger partial charge in [-0.25, -0.2) is 9.67 Å². The van der Waals surface area contributed by atoms with Crippen LogP contribution in [0, 0.1) is 0 Å². The van der Waals surface area contributed by atoms with Gasteiger partial charge in [0.15, 0.2) is 0 Å². The molecule has 0 spiro atoms. The average Bonchev–Trinajstić information content (AvgIpc) is 3.38. The molecule has 128 valence electrons. The number of carbonyl (C=O) groups excluding carboxylic acids is 1. The summed E-state index contributed by atoms with van der Waals surface area (Å²) in [7, 11) is 0. The second kappa shape index (κ2) is 6.16. The summed E-state index contributed by atoms with van der Waals surface area (Å²) in [6.07, 6.45) is 2.19. The molecule has 25 heavy (non-hydrogen) atoms. The molecule has 3 aromatic rings. The molecule has 0 radical (unpaired) electrons. The Morgan fingerprint density at radius 2 is 2.12 bits per heavy atom. The zero-order valence-corrected chi connectivity index (χ0v) is 13.9. The highest BCUT2D eigenvalue weighted by Gasteiger charge is 2.27. The summed E-state index contributed by atoms with van der Waals surface area (Å²) < 4.78 is 1.27. The molecule has 2 heterocycles. The number of aromatic amines is 1. The first-order chi connectivity index (χ1) is 12.1. The summed E-state index contributed by atoms with van der Waals surface area (Å²) in [5, 5.41) is 7.18. The van der Waals surface area contributed by atoms with Crippen molar-refractivity contribution in [1.29, 1.82) is 0 Å². The minimum absolute atomic E-state index is 0.261. The molecule has 0 bridgehead atoms. The van der Waals surface area contributed by atoms with Crippen LogP contribution < -0.4 is 10.9 Å². The van der Waals surface area contributed by atoms with Gasteiger partial charge in [-0.1, -0.05) is 12.1 Å². The number of H-pyrrole nitrogens is 1. The molecule has 0 saturated heterocycles. The lowest BCUT2D eigenvalue weighted by atomic mass is 10.2. The third-order valence-corrected chi connectivity index (χ3v) is 4.46. The molecule has 7 heteroatoms. The predicted molar refractivity (Wildman–Crippen MR) is 93.1 cm³/mol. The first-order valence-corrected chi connectivity index (χ1v) is 8.43. The molecule has 1 aromatic carbocycles. The molecule has 4 rings (SSSR count). The van der Waals surface area contributed by atoms with Crippen LogP contribution in [0.2, 0.25) is 0 Å². The SMILES string of the molecule is CC(C(=O)NCc1nc2ccccc2[nH]1)n1nc(C2CC2)ccc1=O. The number of para-hydroxylation sites is 2. The predicted octanol–water partition coefficient (Wildman–Crippen LogP) is 1.87. The molecule has 2 N–H and O–H groups in total. The van der Waals surface area contributed by atoms with Gasteiger partial charge in [0.25, 0.3) is 5.56 Å². The van der Waals surface area contributed by atoms with E-state index in [1.165, 1.54) is 10.7 Å². The summed E-state index contributed by atoms with van der Waals surface area (Å²) in [5.41, 5.74) is 2.40. The van der Waals surface area contributed by atoms with Gasteiger partial charge < -0.3 is 10.3 Å². The molecule has 1 amide bonds. The highest BCUT2D eigenvalue weighted by atomic mass is 16.2. The van der Waals surface area contributed by atoms with Gasteiger partial charge in [0.1, 0.15) is 11.9 Å². The highest BCUT2D eigenvalue weighted by Crippen LogP contribution is 2.38. The van der Waals surface area contributed by atoms with E-state index in [9.17, 15) is 9.59 Å². The van der Waals surface area contributed by atoms with Crippen molar-refractivity contribution in [1.82, 2.24) is 25.1 Å². The van der Waals surface area contributed by atoms with E-state index in [4.69, 9.17) is 0 Å². The van der Waals surface area contributed by atoms with Crippen molar-refractivity contribution < 1.29 is 4.79 Å². The third-order valence-electron chi connectivity index (χ3n) is 4.46. The van der Waals surface area contributed by atoms with Crippen molar-refractivity contribution in [2.75, 3.05) is 0 Å². The van der Waals surface area contributed by atoms with Crippen LogP contribution in [0.25, 0.3) is 11.0 Å². The number of nitrogens with zero attached hydrogens (tertiary/aromatic N) is 3. The van der Waals surface area contributed by atoms with Crippen LogP contribution in [-0.4, -0.2) is 25.7 Å². The minimum Gasteiger partial charge on any atom is -0.347 e. The first-order valence-electron chi connectivity index (χ1n) is 8.43. The van der Waals surface area contributed by atoms with Crippen molar-refractivity contribution in [2.45, 2.75) is 38.3 Å². The normalized spacial score (nSPS) is 15.2. The van der Waals surface area contributed by atoms with E-state index in [1.54, 1.807) is 13.0 Å². The fraction of sp³-hybridized carbons (Fsp3) is 0.333. The molecular formula is C18H19N5O2. The van der Waals surface area contributed by atoms with E-state index in [2.05, 4.69) is 20.4 Å². The third kappa shape index (κ3) is 3.17. The molecule has 1 fully saturated rings. The van der Waals surface area contributed by atoms with Crippen molar-refractivity contribution in [2.24, 2.45) is 0 Å². The molecular weight excluding hydrogens is 318 g/mol. The summed E-state index contributed by atoms with van der Waals surface area (Å²) in [6, 6.07) is 10.3. The van der Waals surface area contributed by atoms with E-state index >= 15 is 0 Å². The van der Waals surface area contributed by atoms with Crippen LogP contribution in [-0.2, 0) is 11.3 Å². The molecule has 1 atom stereocenters. The van der Waals surface area contributed by atoms with E-state index in [1.807, 2.05) is 24.3 Å². The Kier molecular flexibility index (Phi) is 3.83. The van der Waals surface area contributed by atoms with Crippen LogP contribution in [0.5, 0.6) is 0 Å². The first kappa shape index (κ1) is 15.6. The van der Waals surface area contributed by atoms with Gasteiger partial charge in [0.2, 0.25) is 5.91 Å². The number of nitrogens with one attached hydrogen (secondary N) is 2. The van der Waals surface area contributed by atoms with Crippen LogP contribution in [0.3, 0.4) is 0 Å². The minimum atomic E-state index is -0.671. The Morgan fingerprint density at radius 3 is 2.88 bits per heavy atom. The number of hydrogen-bond acceptors (Lipinski definition) is 4. The van der Waals surface area contributed by atoms with Crippen molar-refractivity contribution in [3.05, 3.63) is 58.3 Å². The summed E-state index contributed by atoms with van der Waals surface area (Å²) >= 11 is 0. The number of rotatable bonds is 5. The van der Waals surface area contributed by atoms with Crippen LogP contribution in [0.15, 0.2) is 41.2 Å². The Bertz CT molecular complexity index is 953. The largest absolute Gasteiger partial charge is 0.347 e. The van der Waals surface area contributed by atoms with Gasteiger partial charge in [-0.05, 0) is 38.0 Å². The monoisotopic (exact) mass is 337 g/mol. The summed E-state index contributed by atoms with van der Waals surface area (Å²) in [5.74, 6) is 0.842. The number of hydrogen-bond donors (Lipinski definition) is 2. The Balaban J connectivity index is 1.47. The topological polar surface area (TPSA) is 92.7 Å². The molecule has 1 saturated carbocycles. The smallest absolute Gasteiger partial charge is 0.267 e.